The topological polar surface area (TPSA) is 76.3 Å². The van der Waals surface area contributed by atoms with Gasteiger partial charge in [0, 0.05) is 24.0 Å². The molecule has 1 heterocycles. The summed E-state index contributed by atoms with van der Waals surface area (Å²) in [5, 5.41) is 5.16. The second-order valence-electron chi connectivity index (χ2n) is 5.49. The lowest BCUT2D eigenvalue weighted by Gasteiger charge is -2.08. The molecule has 0 aliphatic rings. The van der Waals surface area contributed by atoms with Crippen LogP contribution < -0.4 is 16.4 Å². The zero-order valence-electron chi connectivity index (χ0n) is 13.5. The van der Waals surface area contributed by atoms with Crippen molar-refractivity contribution in [1.29, 1.82) is 0 Å². The van der Waals surface area contributed by atoms with Gasteiger partial charge in [0.2, 0.25) is 0 Å². The maximum absolute atomic E-state index is 13.5. The highest BCUT2D eigenvalue weighted by Crippen LogP contribution is 2.19. The van der Waals surface area contributed by atoms with Crippen LogP contribution in [0.1, 0.15) is 5.56 Å². The van der Waals surface area contributed by atoms with Crippen LogP contribution >= 0.6 is 0 Å². The highest BCUT2D eigenvalue weighted by Gasteiger charge is 2.10. The number of carbonyl (C=O) groups is 1. The quantitative estimate of drug-likeness (QED) is 0.707. The normalized spacial score (nSPS) is 10.6. The molecule has 0 spiro atoms. The van der Waals surface area contributed by atoms with E-state index in [2.05, 4.69) is 17.2 Å². The summed E-state index contributed by atoms with van der Waals surface area (Å²) < 4.78 is 20.1. The number of fused-ring (bicyclic) bond motifs is 1. The van der Waals surface area contributed by atoms with Gasteiger partial charge < -0.3 is 15.1 Å². The Kier molecular flexibility index (Phi) is 4.38. The minimum atomic E-state index is -0.532. The number of hydrogen-bond acceptors (Lipinski definition) is 3. The lowest BCUT2D eigenvalue weighted by Crippen LogP contribution is -2.19. The highest BCUT2D eigenvalue weighted by molar-refractivity contribution is 6.00. The van der Waals surface area contributed by atoms with Crippen LogP contribution in [0.5, 0.6) is 0 Å². The summed E-state index contributed by atoms with van der Waals surface area (Å²) in [4.78, 5) is 23.8. The zero-order chi connectivity index (χ0) is 18.0. The minimum Gasteiger partial charge on any atom is -0.408 e. The number of amides is 2. The maximum atomic E-state index is 13.5. The van der Waals surface area contributed by atoms with E-state index in [1.165, 1.54) is 10.6 Å². The number of allylic oxidation sites excluding steroid dienone is 1. The van der Waals surface area contributed by atoms with E-state index < -0.39 is 17.6 Å². The van der Waals surface area contributed by atoms with Gasteiger partial charge >= 0.3 is 11.8 Å². The summed E-state index contributed by atoms with van der Waals surface area (Å²) in [6.07, 6.45) is 1.59. The number of nitrogens with zero attached hydrogens (tertiary/aromatic N) is 1. The molecule has 25 heavy (non-hydrogen) atoms. The van der Waals surface area contributed by atoms with E-state index in [0.717, 1.165) is 0 Å². The van der Waals surface area contributed by atoms with Gasteiger partial charge in [-0.3, -0.25) is 4.57 Å². The van der Waals surface area contributed by atoms with Crippen molar-refractivity contribution in [3.63, 3.8) is 0 Å². The summed E-state index contributed by atoms with van der Waals surface area (Å²) in [6, 6.07) is 8.76. The number of halogens is 1. The van der Waals surface area contributed by atoms with Crippen LogP contribution in [0.4, 0.5) is 20.6 Å². The number of hydrogen-bond donors (Lipinski definition) is 2. The Morgan fingerprint density at radius 1 is 1.24 bits per heavy atom. The smallest absolute Gasteiger partial charge is 0.408 e. The molecule has 7 heteroatoms. The van der Waals surface area contributed by atoms with Gasteiger partial charge in [0.15, 0.2) is 5.58 Å². The molecule has 128 valence electrons. The lowest BCUT2D eigenvalue weighted by molar-refractivity contribution is 0.262. The number of aromatic nitrogens is 1. The van der Waals surface area contributed by atoms with Crippen molar-refractivity contribution in [2.24, 2.45) is 0 Å². The largest absolute Gasteiger partial charge is 0.420 e. The molecule has 0 aliphatic heterocycles. The van der Waals surface area contributed by atoms with E-state index in [1.54, 1.807) is 43.3 Å². The zero-order valence-corrected chi connectivity index (χ0v) is 13.5. The average Bonchev–Trinajstić information content (AvgIpc) is 2.86. The first-order valence-corrected chi connectivity index (χ1v) is 7.56. The third kappa shape index (κ3) is 3.45. The van der Waals surface area contributed by atoms with Crippen LogP contribution in [0.25, 0.3) is 11.1 Å². The number of oxazole rings is 1. The summed E-state index contributed by atoms with van der Waals surface area (Å²) in [5.74, 6) is -0.892. The van der Waals surface area contributed by atoms with Gasteiger partial charge in [-0.25, -0.2) is 14.0 Å². The van der Waals surface area contributed by atoms with Crippen LogP contribution in [0.2, 0.25) is 0 Å². The molecule has 1 aromatic heterocycles. The molecule has 0 aliphatic carbocycles. The van der Waals surface area contributed by atoms with Crippen molar-refractivity contribution in [2.45, 2.75) is 13.5 Å². The third-order valence-corrected chi connectivity index (χ3v) is 3.67. The van der Waals surface area contributed by atoms with Gasteiger partial charge in [-0.2, -0.15) is 0 Å². The molecular weight excluding hydrogens is 325 g/mol. The third-order valence-electron chi connectivity index (χ3n) is 3.67. The second-order valence-corrected chi connectivity index (χ2v) is 5.49. The fraction of sp³-hybridized carbons (Fsp3) is 0.111. The van der Waals surface area contributed by atoms with Crippen molar-refractivity contribution in [3.8, 4) is 0 Å². The minimum absolute atomic E-state index is 0.331. The van der Waals surface area contributed by atoms with E-state index >= 15 is 0 Å². The number of rotatable bonds is 4. The number of nitrogens with one attached hydrogen (secondary N) is 2. The van der Waals surface area contributed by atoms with Crippen LogP contribution in [-0.2, 0) is 6.54 Å². The summed E-state index contributed by atoms with van der Waals surface area (Å²) in [6.45, 7) is 5.57. The maximum Gasteiger partial charge on any atom is 0.420 e. The van der Waals surface area contributed by atoms with Gasteiger partial charge in [-0.1, -0.05) is 12.1 Å². The number of aryl methyl sites for hydroxylation is 1. The molecule has 0 radical (unpaired) electrons. The van der Waals surface area contributed by atoms with E-state index in [1.807, 2.05) is 0 Å². The van der Waals surface area contributed by atoms with Gasteiger partial charge in [-0.05, 0) is 36.8 Å². The first kappa shape index (κ1) is 16.5. The van der Waals surface area contributed by atoms with Crippen molar-refractivity contribution in [1.82, 2.24) is 4.57 Å². The first-order chi connectivity index (χ1) is 12.0. The van der Waals surface area contributed by atoms with E-state index in [4.69, 9.17) is 4.42 Å². The Morgan fingerprint density at radius 3 is 2.60 bits per heavy atom. The fourth-order valence-corrected chi connectivity index (χ4v) is 2.41. The Labute approximate surface area is 142 Å². The first-order valence-electron chi connectivity index (χ1n) is 7.56. The number of anilines is 2. The number of carbonyl (C=O) groups excluding carboxylic acids is 1. The molecule has 0 bridgehead atoms. The van der Waals surface area contributed by atoms with Crippen LogP contribution in [0.3, 0.4) is 0 Å². The fourth-order valence-electron chi connectivity index (χ4n) is 2.41. The monoisotopic (exact) mass is 341 g/mol. The highest BCUT2D eigenvalue weighted by atomic mass is 19.1. The molecule has 0 unspecified atom stereocenters. The molecule has 3 aromatic rings. The number of urea groups is 1. The van der Waals surface area contributed by atoms with Crippen LogP contribution in [0, 0.1) is 12.7 Å². The predicted octanol–water partition coefficient (Wildman–Crippen LogP) is 3.87. The molecule has 0 fully saturated rings. The van der Waals surface area contributed by atoms with E-state index in [9.17, 15) is 14.0 Å². The van der Waals surface area contributed by atoms with Crippen molar-refractivity contribution >= 4 is 28.5 Å². The molecule has 2 aromatic carbocycles. The summed E-state index contributed by atoms with van der Waals surface area (Å²) in [7, 11) is 0. The Balaban J connectivity index is 1.78. The van der Waals surface area contributed by atoms with Gasteiger partial charge in [0.05, 0.1) is 5.52 Å². The molecule has 0 saturated carbocycles. The molecule has 6 nitrogen and oxygen atoms in total. The summed E-state index contributed by atoms with van der Waals surface area (Å²) >= 11 is 0. The van der Waals surface area contributed by atoms with E-state index in [-0.39, 0.29) is 0 Å². The molecule has 2 amide bonds. The molecule has 0 saturated heterocycles. The number of benzene rings is 2. The Hall–Kier alpha value is -3.35. The van der Waals surface area contributed by atoms with Crippen molar-refractivity contribution in [3.05, 3.63) is 71.0 Å². The van der Waals surface area contributed by atoms with Crippen LogP contribution in [0.15, 0.2) is 58.3 Å². The predicted molar refractivity (Wildman–Crippen MR) is 94.4 cm³/mol. The van der Waals surface area contributed by atoms with Gasteiger partial charge in [0.1, 0.15) is 5.82 Å². The van der Waals surface area contributed by atoms with Crippen molar-refractivity contribution < 1.29 is 13.6 Å². The Bertz CT molecular complexity index is 1020. The summed E-state index contributed by atoms with van der Waals surface area (Å²) in [5.41, 5.74) is 2.24. The van der Waals surface area contributed by atoms with Crippen LogP contribution in [-0.4, -0.2) is 10.6 Å². The lowest BCUT2D eigenvalue weighted by atomic mass is 10.2. The SMILES string of the molecule is C=CCn1c(=O)oc2cc(NC(=O)Nc3ccc(C)c(F)c3)ccc21. The molecule has 3 rings (SSSR count). The van der Waals surface area contributed by atoms with Gasteiger partial charge in [0.25, 0.3) is 0 Å². The standard InChI is InChI=1S/C18H16FN3O3/c1-3-8-22-15-7-6-13(10-16(15)25-18(22)24)21-17(23)20-12-5-4-11(2)14(19)9-12/h3-7,9-10H,1,8H2,2H3,(H2,20,21,23). The average molecular weight is 341 g/mol. The van der Waals surface area contributed by atoms with Gasteiger partial charge in [-0.15, -0.1) is 6.58 Å². The van der Waals surface area contributed by atoms with E-state index in [0.29, 0.717) is 34.6 Å². The molecule has 0 atom stereocenters. The molecular formula is C18H16FN3O3. The second kappa shape index (κ2) is 6.64. The molecule has 2 N–H and O–H groups in total. The Morgan fingerprint density at radius 2 is 1.92 bits per heavy atom. The van der Waals surface area contributed by atoms with Crippen molar-refractivity contribution in [2.75, 3.05) is 10.6 Å².